The molecule has 2 saturated heterocycles. The van der Waals surface area contributed by atoms with Crippen molar-refractivity contribution in [1.29, 1.82) is 0 Å². The molecule has 0 aromatic heterocycles. The fourth-order valence-corrected chi connectivity index (χ4v) is 8.96. The Morgan fingerprint density at radius 1 is 0.571 bits per heavy atom. The number of carboxylic acid groups (broad SMARTS) is 2. The molecule has 436 valence electrons. The predicted octanol–water partition coefficient (Wildman–Crippen LogP) is -1.73. The Hall–Kier alpha value is -6.44. The summed E-state index contributed by atoms with van der Waals surface area (Å²) in [5, 5.41) is 53.1. The maximum atomic E-state index is 14.3. The molecule has 14 N–H and O–H groups in total. The minimum absolute atomic E-state index is 0.0167. The lowest BCUT2D eigenvalue weighted by Gasteiger charge is -2.32. The van der Waals surface area contributed by atoms with Crippen LogP contribution in [0.3, 0.4) is 0 Å². The van der Waals surface area contributed by atoms with Crippen LogP contribution in [0, 0.1) is 29.6 Å². The van der Waals surface area contributed by atoms with E-state index in [1.165, 1.54) is 4.90 Å². The number of carbonyl (C=O) groups excluding carboxylic acids is 10. The molecule has 26 nitrogen and oxygen atoms in total. The number of nitrogens with two attached hydrogens (primary N) is 1. The van der Waals surface area contributed by atoms with E-state index in [0.29, 0.717) is 32.2 Å². The molecule has 0 aliphatic carbocycles. The number of likely N-dealkylation sites (tertiary alicyclic amines) is 1. The van der Waals surface area contributed by atoms with E-state index in [9.17, 15) is 72.9 Å². The third kappa shape index (κ3) is 21.5. The number of rotatable bonds is 33. The first-order chi connectivity index (χ1) is 36.1. The maximum Gasteiger partial charge on any atom is 0.326 e. The van der Waals surface area contributed by atoms with Crippen molar-refractivity contribution in [1.82, 2.24) is 52.8 Å². The van der Waals surface area contributed by atoms with Gasteiger partial charge in [-0.05, 0) is 81.1 Å². The number of primary amides is 1. The molecule has 0 saturated carbocycles. The van der Waals surface area contributed by atoms with Gasteiger partial charge in [0.2, 0.25) is 59.1 Å². The summed E-state index contributed by atoms with van der Waals surface area (Å²) in [5.74, 6) is -12.7. The van der Waals surface area contributed by atoms with Gasteiger partial charge in [0.1, 0.15) is 54.4 Å². The molecular weight excluding hydrogens is 1010 g/mol. The normalized spacial score (nSPS) is 19.2. The van der Waals surface area contributed by atoms with Crippen LogP contribution in [0.2, 0.25) is 0 Å². The number of hydrogen-bond donors (Lipinski definition) is 13. The summed E-state index contributed by atoms with van der Waals surface area (Å²) >= 11 is 0. The number of aliphatic carboxylic acids is 2. The molecule has 0 unspecified atom stereocenters. The number of carboxylic acids is 2. The summed E-state index contributed by atoms with van der Waals surface area (Å²) in [6.07, 6.45) is 1.20. The van der Waals surface area contributed by atoms with Crippen LogP contribution in [0.4, 0.5) is 0 Å². The molecule has 10 amide bonds. The van der Waals surface area contributed by atoms with Crippen molar-refractivity contribution in [3.8, 4) is 0 Å². The SMILES string of the molecule is CC[C@H](C)[C@H](NC(=O)[C@H](CO)NC(=O)[C@H](CC(C)C)NC(=O)[C@@H](NC(=O)[C@@H]1CCCN1C(=O)[C@H](CCC(=O)O)NC(=O)[C@@H](NC(=O)[C@@H]1CCCN1)[C@@H](C)CC)C(C)C)C(=O)N[C@@H](CC(C)C)C(=O)N[C@@H](CC(N)=O)C(=O)O. The van der Waals surface area contributed by atoms with Crippen LogP contribution in [-0.2, 0) is 57.5 Å². The van der Waals surface area contributed by atoms with Gasteiger partial charge < -0.3 is 73.8 Å². The monoisotopic (exact) mass is 1090 g/mol. The minimum atomic E-state index is -1.68. The fourth-order valence-electron chi connectivity index (χ4n) is 8.96. The summed E-state index contributed by atoms with van der Waals surface area (Å²) in [6, 6.07) is -12.7. The summed E-state index contributed by atoms with van der Waals surface area (Å²) in [6.45, 7) is 17.0. The number of nitrogens with one attached hydrogen (secondary N) is 9. The van der Waals surface area contributed by atoms with Gasteiger partial charge in [0, 0.05) is 13.0 Å². The Kier molecular flexibility index (Phi) is 28.0. The van der Waals surface area contributed by atoms with E-state index in [-0.39, 0.29) is 55.9 Å². The van der Waals surface area contributed by atoms with Crippen molar-refractivity contribution in [2.75, 3.05) is 19.7 Å². The first kappa shape index (κ1) is 66.7. The molecule has 77 heavy (non-hydrogen) atoms. The van der Waals surface area contributed by atoms with Gasteiger partial charge in [0.25, 0.3) is 0 Å². The van der Waals surface area contributed by atoms with Gasteiger partial charge in [-0.1, -0.05) is 82.1 Å². The Morgan fingerprint density at radius 2 is 1.04 bits per heavy atom. The smallest absolute Gasteiger partial charge is 0.326 e. The molecule has 2 fully saturated rings. The summed E-state index contributed by atoms with van der Waals surface area (Å²) in [5.41, 5.74) is 5.16. The predicted molar refractivity (Wildman–Crippen MR) is 279 cm³/mol. The fraction of sp³-hybridized carbons (Fsp3) is 0.765. The third-order valence-electron chi connectivity index (χ3n) is 13.8. The van der Waals surface area contributed by atoms with Gasteiger partial charge in [0.05, 0.1) is 19.1 Å². The molecule has 0 spiro atoms. The quantitative estimate of drug-likeness (QED) is 0.0347. The third-order valence-corrected chi connectivity index (χ3v) is 13.8. The highest BCUT2D eigenvalue weighted by atomic mass is 16.4. The van der Waals surface area contributed by atoms with Crippen molar-refractivity contribution in [3.05, 3.63) is 0 Å². The highest BCUT2D eigenvalue weighted by Gasteiger charge is 2.42. The van der Waals surface area contributed by atoms with E-state index >= 15 is 0 Å². The molecule has 12 atom stereocenters. The highest BCUT2D eigenvalue weighted by Crippen LogP contribution is 2.22. The van der Waals surface area contributed by atoms with Crippen molar-refractivity contribution in [2.24, 2.45) is 35.3 Å². The zero-order chi connectivity index (χ0) is 58.4. The molecule has 2 aliphatic heterocycles. The lowest BCUT2D eigenvalue weighted by atomic mass is 9.96. The molecule has 2 aliphatic rings. The van der Waals surface area contributed by atoms with E-state index in [0.717, 1.165) is 6.42 Å². The average Bonchev–Trinajstić information content (AvgIpc) is 4.09. The topological polar surface area (TPSA) is 403 Å². The number of carbonyl (C=O) groups is 12. The first-order valence-electron chi connectivity index (χ1n) is 26.9. The van der Waals surface area contributed by atoms with Crippen LogP contribution in [0.15, 0.2) is 0 Å². The van der Waals surface area contributed by atoms with Crippen molar-refractivity contribution in [2.45, 2.75) is 200 Å². The standard InChI is InChI=1S/C51H87N11O15/c1-11-28(9)40(60-42(67)30-15-13-19-53-30)48(73)54-31(17-18-38(65)66)50(75)62-20-14-16-36(62)46(71)59-39(27(7)8)47(72)55-33(22-26(5)6)44(69)58-35(24-63)45(70)61-41(29(10)12-2)49(74)56-32(21-25(3)4)43(68)57-34(51(76)77)23-37(52)64/h25-36,39-41,53,63H,11-24H2,1-10H3,(H2,52,64)(H,54,73)(H,55,72)(H,56,74)(H,57,68)(H,58,69)(H,59,71)(H,60,67)(H,61,70)(H,65,66)(H,76,77)/t28-,29-,30-,31-,32-,33-,34-,35-,36-,39-,40-,41-/m0/s1. The first-order valence-corrected chi connectivity index (χ1v) is 26.9. The summed E-state index contributed by atoms with van der Waals surface area (Å²) in [7, 11) is 0. The lowest BCUT2D eigenvalue weighted by molar-refractivity contribution is -0.144. The molecule has 2 rings (SSSR count). The van der Waals surface area contributed by atoms with Gasteiger partial charge >= 0.3 is 11.9 Å². The van der Waals surface area contributed by atoms with Gasteiger partial charge in [-0.15, -0.1) is 0 Å². The van der Waals surface area contributed by atoms with Gasteiger partial charge in [-0.25, -0.2) is 4.79 Å². The van der Waals surface area contributed by atoms with Crippen LogP contribution < -0.4 is 53.6 Å². The van der Waals surface area contributed by atoms with E-state index < -0.39 is 157 Å². The lowest BCUT2D eigenvalue weighted by Crippen LogP contribution is -2.62. The van der Waals surface area contributed by atoms with Crippen molar-refractivity contribution < 1.29 is 72.9 Å². The number of amides is 10. The highest BCUT2D eigenvalue weighted by molar-refractivity contribution is 5.99. The number of hydrogen-bond acceptors (Lipinski definition) is 14. The molecule has 0 radical (unpaired) electrons. The maximum absolute atomic E-state index is 14.3. The average molecular weight is 1090 g/mol. The van der Waals surface area contributed by atoms with Crippen LogP contribution >= 0.6 is 0 Å². The van der Waals surface area contributed by atoms with Crippen LogP contribution in [0.1, 0.15) is 140 Å². The zero-order valence-electron chi connectivity index (χ0n) is 46.3. The van der Waals surface area contributed by atoms with E-state index in [1.54, 1.807) is 62.3 Å². The van der Waals surface area contributed by atoms with Crippen LogP contribution in [0.25, 0.3) is 0 Å². The second-order valence-corrected chi connectivity index (χ2v) is 21.5. The molecule has 0 bridgehead atoms. The number of aliphatic hydroxyl groups excluding tert-OH is 1. The van der Waals surface area contributed by atoms with E-state index in [2.05, 4.69) is 47.9 Å². The van der Waals surface area contributed by atoms with Crippen molar-refractivity contribution >= 4 is 71.0 Å². The number of nitrogens with zero attached hydrogens (tertiary/aromatic N) is 1. The number of aliphatic hydroxyl groups is 1. The van der Waals surface area contributed by atoms with Gasteiger partial charge in [-0.3, -0.25) is 52.7 Å². The minimum Gasteiger partial charge on any atom is -0.481 e. The second-order valence-electron chi connectivity index (χ2n) is 21.5. The van der Waals surface area contributed by atoms with Crippen LogP contribution in [-0.4, -0.2) is 171 Å². The Balaban J connectivity index is 2.30. The second kappa shape index (κ2) is 32.3. The van der Waals surface area contributed by atoms with Crippen molar-refractivity contribution in [3.63, 3.8) is 0 Å². The van der Waals surface area contributed by atoms with E-state index in [4.69, 9.17) is 5.73 Å². The molecule has 0 aromatic rings. The van der Waals surface area contributed by atoms with E-state index in [1.807, 2.05) is 6.92 Å². The Labute approximate surface area is 450 Å². The summed E-state index contributed by atoms with van der Waals surface area (Å²) < 4.78 is 0. The molecule has 0 aromatic carbocycles. The van der Waals surface area contributed by atoms with Gasteiger partial charge in [0.15, 0.2) is 0 Å². The molecule has 2 heterocycles. The molecule has 26 heteroatoms. The van der Waals surface area contributed by atoms with Crippen LogP contribution in [0.5, 0.6) is 0 Å². The van der Waals surface area contributed by atoms with Gasteiger partial charge in [-0.2, -0.15) is 0 Å². The molecular formula is C51H87N11O15. The Bertz CT molecular complexity index is 2080. The summed E-state index contributed by atoms with van der Waals surface area (Å²) in [4.78, 5) is 160. The zero-order valence-corrected chi connectivity index (χ0v) is 46.3. The Morgan fingerprint density at radius 3 is 1.48 bits per heavy atom. The largest absolute Gasteiger partial charge is 0.481 e.